The van der Waals surface area contributed by atoms with Crippen LogP contribution >= 0.6 is 23.4 Å². The summed E-state index contributed by atoms with van der Waals surface area (Å²) in [4.78, 5) is 37.3. The smallest absolute Gasteiger partial charge is 0.339 e. The summed E-state index contributed by atoms with van der Waals surface area (Å²) in [6.07, 6.45) is 1.48. The second-order valence-electron chi connectivity index (χ2n) is 7.57. The first-order valence-corrected chi connectivity index (χ1v) is 13.2. The van der Waals surface area contributed by atoms with Gasteiger partial charge in [0.05, 0.1) is 21.9 Å². The monoisotopic (exact) mass is 590 g/mol. The van der Waals surface area contributed by atoms with Crippen LogP contribution in [0.3, 0.4) is 0 Å². The van der Waals surface area contributed by atoms with Crippen molar-refractivity contribution in [1.82, 2.24) is 5.32 Å². The number of hydrogen-bond donors (Lipinski definition) is 1. The van der Waals surface area contributed by atoms with E-state index in [4.69, 9.17) is 20.5 Å². The highest BCUT2D eigenvalue weighted by Crippen LogP contribution is 2.36. The van der Waals surface area contributed by atoms with Crippen molar-refractivity contribution in [3.05, 3.63) is 96.4 Å². The predicted molar refractivity (Wildman–Crippen MR) is 143 cm³/mol. The maximum absolute atomic E-state index is 12.6. The summed E-state index contributed by atoms with van der Waals surface area (Å²) in [5.74, 6) is -0.627. The maximum Gasteiger partial charge on any atom is 0.339 e. The van der Waals surface area contributed by atoms with Gasteiger partial charge in [0.2, 0.25) is 0 Å². The fraction of sp³-hybridized carbons (Fsp3) is 0.0435. The molecule has 1 aliphatic rings. The molecular weight excluding hydrogens is 576 g/mol. The molecule has 3 aromatic rings. The van der Waals surface area contributed by atoms with Gasteiger partial charge in [-0.15, -0.1) is 0 Å². The van der Waals surface area contributed by atoms with E-state index in [2.05, 4.69) is 10.3 Å². The van der Waals surface area contributed by atoms with E-state index in [9.17, 15) is 33.4 Å². The van der Waals surface area contributed by atoms with Crippen LogP contribution in [0, 0.1) is 20.2 Å². The van der Waals surface area contributed by atoms with E-state index in [1.54, 1.807) is 0 Å². The molecule has 3 aromatic carbocycles. The zero-order valence-electron chi connectivity index (χ0n) is 19.6. The van der Waals surface area contributed by atoms with Crippen molar-refractivity contribution in [2.75, 3.05) is 7.11 Å². The number of nitro groups is 2. The highest BCUT2D eigenvalue weighted by atomic mass is 35.5. The van der Waals surface area contributed by atoms with Gasteiger partial charge in [0.15, 0.2) is 16.7 Å². The van der Waals surface area contributed by atoms with Crippen molar-refractivity contribution in [1.29, 1.82) is 0 Å². The molecule has 200 valence electrons. The number of carbonyl (C=O) groups is 1. The lowest BCUT2D eigenvalue weighted by Gasteiger charge is -2.11. The highest BCUT2D eigenvalue weighted by molar-refractivity contribution is 8.18. The van der Waals surface area contributed by atoms with Crippen molar-refractivity contribution in [2.45, 2.75) is 4.90 Å². The summed E-state index contributed by atoms with van der Waals surface area (Å²) in [7, 11) is -3.05. The second-order valence-corrected chi connectivity index (χ2v) is 10.6. The summed E-state index contributed by atoms with van der Waals surface area (Å²) in [6, 6.07) is 12.3. The molecule has 39 heavy (non-hydrogen) atoms. The molecule has 0 saturated carbocycles. The number of hydrogen-bond acceptors (Lipinski definition) is 11. The number of ether oxygens (including phenoxy) is 1. The number of amidine groups is 1. The van der Waals surface area contributed by atoms with Crippen LogP contribution in [-0.4, -0.2) is 36.4 Å². The molecule has 0 bridgehead atoms. The minimum Gasteiger partial charge on any atom is -0.493 e. The van der Waals surface area contributed by atoms with E-state index in [0.717, 1.165) is 42.1 Å². The SMILES string of the molecule is COc1cc(/C=C2/SC(=Nc3ccc(Cl)cc3[N+](=O)[O-])NC2=O)ccc1OS(=O)(=O)c1ccc([N+](=O)[O-])cc1. The number of benzene rings is 3. The molecule has 4 rings (SSSR count). The van der Waals surface area contributed by atoms with Gasteiger partial charge in [0.25, 0.3) is 17.3 Å². The van der Waals surface area contributed by atoms with Gasteiger partial charge in [0, 0.05) is 23.2 Å². The third-order valence-corrected chi connectivity index (χ3v) is 7.42. The minimum atomic E-state index is -4.34. The van der Waals surface area contributed by atoms with Crippen LogP contribution in [0.15, 0.2) is 75.5 Å². The molecule has 1 amide bonds. The van der Waals surface area contributed by atoms with Gasteiger partial charge in [-0.3, -0.25) is 25.0 Å². The Morgan fingerprint density at radius 3 is 2.36 bits per heavy atom. The molecule has 0 radical (unpaired) electrons. The first-order chi connectivity index (χ1) is 18.5. The maximum atomic E-state index is 12.6. The average molecular weight is 591 g/mol. The number of methoxy groups -OCH3 is 1. The van der Waals surface area contributed by atoms with Crippen LogP contribution in [0.5, 0.6) is 11.5 Å². The summed E-state index contributed by atoms with van der Waals surface area (Å²) in [6.45, 7) is 0. The zero-order valence-corrected chi connectivity index (χ0v) is 22.0. The van der Waals surface area contributed by atoms with Crippen molar-refractivity contribution in [3.8, 4) is 11.5 Å². The van der Waals surface area contributed by atoms with Crippen molar-refractivity contribution < 1.29 is 32.0 Å². The number of halogens is 1. The molecule has 0 atom stereocenters. The summed E-state index contributed by atoms with van der Waals surface area (Å²) < 4.78 is 35.7. The topological polar surface area (TPSA) is 180 Å². The van der Waals surface area contributed by atoms with Crippen molar-refractivity contribution in [2.24, 2.45) is 4.99 Å². The van der Waals surface area contributed by atoms with Gasteiger partial charge in [-0.1, -0.05) is 17.7 Å². The Hall–Kier alpha value is -4.47. The van der Waals surface area contributed by atoms with Crippen molar-refractivity contribution in [3.63, 3.8) is 0 Å². The van der Waals surface area contributed by atoms with E-state index in [1.807, 2.05) is 0 Å². The third-order valence-electron chi connectivity index (χ3n) is 5.03. The van der Waals surface area contributed by atoms with Gasteiger partial charge in [0.1, 0.15) is 10.6 Å². The molecule has 0 unspecified atom stereocenters. The lowest BCUT2D eigenvalue weighted by atomic mass is 10.2. The fourth-order valence-corrected chi connectivity index (χ4v) is 5.16. The quantitative estimate of drug-likeness (QED) is 0.165. The second kappa shape index (κ2) is 11.1. The Morgan fingerprint density at radius 1 is 1.00 bits per heavy atom. The molecule has 1 fully saturated rings. The Labute approximate surface area is 229 Å². The highest BCUT2D eigenvalue weighted by Gasteiger charge is 2.26. The van der Waals surface area contributed by atoms with E-state index < -0.39 is 25.9 Å². The van der Waals surface area contributed by atoms with Crippen LogP contribution in [-0.2, 0) is 14.9 Å². The molecule has 0 aliphatic carbocycles. The van der Waals surface area contributed by atoms with Gasteiger partial charge in [-0.05, 0) is 59.8 Å². The molecule has 1 heterocycles. The van der Waals surface area contributed by atoms with Crippen LogP contribution < -0.4 is 14.2 Å². The van der Waals surface area contributed by atoms with Gasteiger partial charge in [-0.25, -0.2) is 4.99 Å². The molecule has 1 aliphatic heterocycles. The van der Waals surface area contributed by atoms with E-state index >= 15 is 0 Å². The number of nitrogens with zero attached hydrogens (tertiary/aromatic N) is 3. The van der Waals surface area contributed by atoms with Crippen molar-refractivity contribution >= 4 is 67.7 Å². The van der Waals surface area contributed by atoms with Crippen LogP contribution in [0.1, 0.15) is 5.56 Å². The largest absolute Gasteiger partial charge is 0.493 e. The number of rotatable bonds is 8. The molecule has 0 aromatic heterocycles. The normalized spacial score (nSPS) is 15.3. The molecule has 16 heteroatoms. The predicted octanol–water partition coefficient (Wildman–Crippen LogP) is 4.82. The van der Waals surface area contributed by atoms with E-state index in [-0.39, 0.29) is 48.6 Å². The average Bonchev–Trinajstić information content (AvgIpc) is 3.23. The van der Waals surface area contributed by atoms with Gasteiger partial charge in [-0.2, -0.15) is 8.42 Å². The molecule has 13 nitrogen and oxygen atoms in total. The first kappa shape index (κ1) is 27.6. The standard InChI is InChI=1S/C23H15ClN4O9S2/c1-36-20-10-13(2-9-19(20)37-39(34,35)16-6-4-15(5-7-16)27(30)31)11-21-22(29)26-23(38-21)25-17-8-3-14(24)12-18(17)28(32)33/h2-12H,1H3,(H,25,26,29)/b21-11+. The van der Waals surface area contributed by atoms with Crippen LogP contribution in [0.4, 0.5) is 17.1 Å². The van der Waals surface area contributed by atoms with Gasteiger partial charge < -0.3 is 14.2 Å². The molecule has 1 saturated heterocycles. The molecule has 0 spiro atoms. The molecule has 1 N–H and O–H groups in total. The van der Waals surface area contributed by atoms with Gasteiger partial charge >= 0.3 is 10.1 Å². The number of non-ortho nitro benzene ring substituents is 1. The number of carbonyl (C=O) groups excluding carboxylic acids is 1. The number of nitrogens with one attached hydrogen (secondary N) is 1. The number of nitro benzene ring substituents is 2. The zero-order chi connectivity index (χ0) is 28.3. The summed E-state index contributed by atoms with van der Waals surface area (Å²) in [5, 5.41) is 24.9. The Kier molecular flexibility index (Phi) is 7.85. The minimum absolute atomic E-state index is 0.00542. The third kappa shape index (κ3) is 6.34. The molecular formula is C23H15ClN4O9S2. The number of aliphatic imine (C=N–C) groups is 1. The first-order valence-electron chi connectivity index (χ1n) is 10.6. The number of thioether (sulfide) groups is 1. The Balaban J connectivity index is 1.56. The van der Waals surface area contributed by atoms with E-state index in [1.165, 1.54) is 43.5 Å². The fourth-order valence-electron chi connectivity index (χ4n) is 3.22. The number of amides is 1. The lowest BCUT2D eigenvalue weighted by molar-refractivity contribution is -0.384. The van der Waals surface area contributed by atoms with Crippen LogP contribution in [0.2, 0.25) is 5.02 Å². The summed E-state index contributed by atoms with van der Waals surface area (Å²) >= 11 is 6.76. The Bertz CT molecular complexity index is 1670. The Morgan fingerprint density at radius 2 is 1.72 bits per heavy atom. The van der Waals surface area contributed by atoms with E-state index in [0.29, 0.717) is 5.56 Å². The lowest BCUT2D eigenvalue weighted by Crippen LogP contribution is -2.19. The summed E-state index contributed by atoms with van der Waals surface area (Å²) in [5.41, 5.74) is -0.155. The van der Waals surface area contributed by atoms with Crippen LogP contribution in [0.25, 0.3) is 6.08 Å².